The van der Waals surface area contributed by atoms with E-state index in [2.05, 4.69) is 10.3 Å². The molecule has 11 heteroatoms. The van der Waals surface area contributed by atoms with Crippen molar-refractivity contribution >= 4 is 33.0 Å². The topological polar surface area (TPSA) is 117 Å². The zero-order valence-electron chi connectivity index (χ0n) is 21.8. The van der Waals surface area contributed by atoms with Gasteiger partial charge in [-0.1, -0.05) is 24.6 Å². The van der Waals surface area contributed by atoms with Crippen molar-refractivity contribution in [3.63, 3.8) is 0 Å². The molecule has 2 aliphatic rings. The number of aliphatic hydroxyl groups excluding tert-OH is 1. The summed E-state index contributed by atoms with van der Waals surface area (Å²) in [5.74, 6) is -3.98. The summed E-state index contributed by atoms with van der Waals surface area (Å²) in [6.07, 6.45) is 1.08. The van der Waals surface area contributed by atoms with Crippen LogP contribution in [0.4, 0.5) is 14.5 Å². The molecule has 7 nitrogen and oxygen atoms in total. The first-order chi connectivity index (χ1) is 18.8. The Balaban J connectivity index is 1.41. The molecule has 2 fully saturated rings. The molecular formula is C29H29ClF2N2O5S. The molecule has 4 unspecified atom stereocenters. The number of hydrogen-bond donors (Lipinski definition) is 3. The number of carbonyl (C=O) groups is 1. The minimum atomic E-state index is -4.06. The van der Waals surface area contributed by atoms with E-state index in [4.69, 9.17) is 11.6 Å². The molecule has 5 rings (SSSR count). The number of anilines is 1. The number of nitrogens with zero attached hydrogens (tertiary/aromatic N) is 1. The number of hydrogen-bond acceptors (Lipinski definition) is 6. The van der Waals surface area contributed by atoms with Crippen LogP contribution in [0.3, 0.4) is 0 Å². The van der Waals surface area contributed by atoms with Crippen molar-refractivity contribution in [3.8, 4) is 0 Å². The molecule has 1 aromatic heterocycles. The predicted octanol–water partition coefficient (Wildman–Crippen LogP) is 5.25. The van der Waals surface area contributed by atoms with Crippen molar-refractivity contribution in [1.82, 2.24) is 4.98 Å². The number of benzene rings is 2. The summed E-state index contributed by atoms with van der Waals surface area (Å²) in [6.45, 7) is 3.81. The molecule has 212 valence electrons. The second-order valence-electron chi connectivity index (χ2n) is 10.9. The summed E-state index contributed by atoms with van der Waals surface area (Å²) in [4.78, 5) is 16.9. The quantitative estimate of drug-likeness (QED) is 0.361. The van der Waals surface area contributed by atoms with Crippen LogP contribution in [0.25, 0.3) is 0 Å². The van der Waals surface area contributed by atoms with Crippen molar-refractivity contribution in [2.24, 2.45) is 17.8 Å². The molecule has 3 N–H and O–H groups in total. The Labute approximate surface area is 236 Å². The van der Waals surface area contributed by atoms with Crippen LogP contribution < -0.4 is 5.32 Å². The zero-order valence-corrected chi connectivity index (χ0v) is 23.4. The average Bonchev–Trinajstić information content (AvgIpc) is 3.03. The molecule has 2 aliphatic carbocycles. The van der Waals surface area contributed by atoms with Gasteiger partial charge in [-0.3, -0.25) is 9.78 Å². The summed E-state index contributed by atoms with van der Waals surface area (Å²) in [5, 5.41) is 24.5. The molecule has 2 bridgehead atoms. The van der Waals surface area contributed by atoms with Gasteiger partial charge < -0.3 is 15.5 Å². The first kappa shape index (κ1) is 28.6. The summed E-state index contributed by atoms with van der Waals surface area (Å²) < 4.78 is 54.6. The number of pyridine rings is 1. The largest absolute Gasteiger partial charge is 0.386 e. The molecule has 0 aliphatic heterocycles. The van der Waals surface area contributed by atoms with E-state index in [1.807, 2.05) is 13.8 Å². The van der Waals surface area contributed by atoms with Crippen LogP contribution in [-0.2, 0) is 9.84 Å². The molecule has 0 radical (unpaired) electrons. The Kier molecular flexibility index (Phi) is 7.50. The number of halogens is 3. The molecule has 0 spiro atoms. The van der Waals surface area contributed by atoms with E-state index in [1.54, 1.807) is 18.3 Å². The summed E-state index contributed by atoms with van der Waals surface area (Å²) >= 11 is 6.32. The fourth-order valence-corrected chi connectivity index (χ4v) is 8.72. The highest BCUT2D eigenvalue weighted by atomic mass is 35.5. The van der Waals surface area contributed by atoms with Gasteiger partial charge in [-0.25, -0.2) is 17.2 Å². The number of sulfone groups is 1. The van der Waals surface area contributed by atoms with Crippen molar-refractivity contribution in [2.75, 3.05) is 5.32 Å². The molecule has 1 amide bonds. The van der Waals surface area contributed by atoms with Gasteiger partial charge in [-0.2, -0.15) is 0 Å². The monoisotopic (exact) mass is 590 g/mol. The molecule has 2 aromatic carbocycles. The molecule has 6 atom stereocenters. The molecule has 0 saturated heterocycles. The lowest BCUT2D eigenvalue weighted by molar-refractivity contribution is -0.149. The number of aryl methyl sites for hydroxylation is 1. The second-order valence-corrected chi connectivity index (χ2v) is 13.5. The number of carbonyl (C=O) groups excluding carboxylic acids is 1. The lowest BCUT2D eigenvalue weighted by Gasteiger charge is -2.45. The second kappa shape index (κ2) is 10.5. The van der Waals surface area contributed by atoms with Crippen molar-refractivity contribution in [3.05, 3.63) is 88.2 Å². The molecule has 40 heavy (non-hydrogen) atoms. The van der Waals surface area contributed by atoms with Crippen molar-refractivity contribution in [2.45, 2.75) is 55.0 Å². The Morgan fingerprint density at radius 1 is 1.10 bits per heavy atom. The van der Waals surface area contributed by atoms with E-state index in [-0.39, 0.29) is 39.9 Å². The van der Waals surface area contributed by atoms with E-state index < -0.39 is 56.2 Å². The molecule has 3 aromatic rings. The van der Waals surface area contributed by atoms with Gasteiger partial charge >= 0.3 is 0 Å². The number of aliphatic hydroxyl groups is 2. The van der Waals surface area contributed by atoms with Gasteiger partial charge in [0.2, 0.25) is 0 Å². The highest BCUT2D eigenvalue weighted by molar-refractivity contribution is 7.92. The highest BCUT2D eigenvalue weighted by Gasteiger charge is 2.62. The van der Waals surface area contributed by atoms with Crippen LogP contribution in [0.5, 0.6) is 0 Å². The van der Waals surface area contributed by atoms with Crippen LogP contribution in [0.1, 0.15) is 53.9 Å². The van der Waals surface area contributed by atoms with Crippen LogP contribution in [-0.4, -0.2) is 40.4 Å². The lowest BCUT2D eigenvalue weighted by atomic mass is 9.69. The number of fused-ring (bicyclic) bond motifs is 2. The maximum absolute atomic E-state index is 13.9. The fraction of sp³-hybridized carbons (Fsp3) is 0.379. The standard InChI is InChI=1S/C29H29ClF2N2O5S/c1-15-3-8-25(33-14-15)27(35)29(37)18-9-16(2)21(29)13-20(11-18)40(38,39)26-10-17(4-6-22(26)30)28(36)34-19-5-7-23(31)24(32)12-19/h3-8,10,12,14,16,18,20-21,27,35,37H,9,11,13H2,1-2H3,(H,34,36)/t16-,18?,20?,21?,27?,29+/m0/s1. The minimum absolute atomic E-state index is 0.00186. The van der Waals surface area contributed by atoms with E-state index in [9.17, 15) is 32.2 Å². The molecule has 1 heterocycles. The Morgan fingerprint density at radius 3 is 2.50 bits per heavy atom. The first-order valence-electron chi connectivity index (χ1n) is 12.9. The van der Waals surface area contributed by atoms with Gasteiger partial charge in [0, 0.05) is 23.5 Å². The SMILES string of the molecule is Cc1ccc(C(O)[C@@]2(O)C3CC(S(=O)(=O)c4cc(C(=O)Nc5ccc(F)c(F)c5)ccc4Cl)CC2[C@@H](C)C3)nc1. The number of aromatic nitrogens is 1. The average molecular weight is 591 g/mol. The van der Waals surface area contributed by atoms with Crippen LogP contribution in [0.2, 0.25) is 5.02 Å². The third-order valence-corrected chi connectivity index (χ3v) is 11.1. The van der Waals surface area contributed by atoms with Crippen LogP contribution in [0, 0.1) is 36.3 Å². The van der Waals surface area contributed by atoms with E-state index in [0.29, 0.717) is 12.1 Å². The van der Waals surface area contributed by atoms with Gasteiger partial charge in [-0.15, -0.1) is 0 Å². The van der Waals surface area contributed by atoms with Crippen molar-refractivity contribution < 1.29 is 32.2 Å². The number of rotatable bonds is 6. The lowest BCUT2D eigenvalue weighted by Crippen LogP contribution is -2.52. The van der Waals surface area contributed by atoms with Gasteiger partial charge in [-0.05, 0) is 85.9 Å². The van der Waals surface area contributed by atoms with Crippen LogP contribution in [0.15, 0.2) is 59.6 Å². The summed E-state index contributed by atoms with van der Waals surface area (Å²) in [5.41, 5.74) is -0.323. The number of amides is 1. The zero-order chi connectivity index (χ0) is 29.0. The maximum atomic E-state index is 13.9. The first-order valence-corrected chi connectivity index (χ1v) is 14.9. The maximum Gasteiger partial charge on any atom is 0.255 e. The predicted molar refractivity (Wildman–Crippen MR) is 146 cm³/mol. The van der Waals surface area contributed by atoms with E-state index in [1.165, 1.54) is 24.3 Å². The number of nitrogens with one attached hydrogen (secondary N) is 1. The third-order valence-electron chi connectivity index (χ3n) is 8.42. The third kappa shape index (κ3) is 4.91. The smallest absolute Gasteiger partial charge is 0.255 e. The van der Waals surface area contributed by atoms with Gasteiger partial charge in [0.05, 0.1) is 20.9 Å². The van der Waals surface area contributed by atoms with Crippen LogP contribution >= 0.6 is 11.6 Å². The van der Waals surface area contributed by atoms with Gasteiger partial charge in [0.15, 0.2) is 21.5 Å². The summed E-state index contributed by atoms with van der Waals surface area (Å²) in [7, 11) is -4.06. The normalized spacial score (nSPS) is 26.9. The minimum Gasteiger partial charge on any atom is -0.386 e. The molecular weight excluding hydrogens is 562 g/mol. The van der Waals surface area contributed by atoms with E-state index in [0.717, 1.165) is 17.7 Å². The Morgan fingerprint density at radius 2 is 1.85 bits per heavy atom. The van der Waals surface area contributed by atoms with Crippen molar-refractivity contribution in [1.29, 1.82) is 0 Å². The summed E-state index contributed by atoms with van der Waals surface area (Å²) in [6, 6.07) is 10.2. The fourth-order valence-electron chi connectivity index (χ4n) is 6.34. The highest BCUT2D eigenvalue weighted by Crippen LogP contribution is 2.58. The van der Waals surface area contributed by atoms with Gasteiger partial charge in [0.1, 0.15) is 11.7 Å². The van der Waals surface area contributed by atoms with Gasteiger partial charge in [0.25, 0.3) is 5.91 Å². The Hall–Kier alpha value is -2.92. The van der Waals surface area contributed by atoms with E-state index >= 15 is 0 Å². The Bertz CT molecular complexity index is 1570. The molecule has 2 saturated carbocycles.